The molecule has 0 bridgehead atoms. The lowest BCUT2D eigenvalue weighted by atomic mass is 10.2. The topological polar surface area (TPSA) is 18.5 Å². The van der Waals surface area contributed by atoms with E-state index in [1.165, 1.54) is 6.42 Å². The van der Waals surface area contributed by atoms with Gasteiger partial charge in [-0.2, -0.15) is 0 Å². The predicted molar refractivity (Wildman–Crippen MR) is 30.3 cm³/mol. The van der Waals surface area contributed by atoms with Crippen LogP contribution in [-0.2, 0) is 9.78 Å². The minimum absolute atomic E-state index is 0.389. The molecule has 1 aliphatic heterocycles. The van der Waals surface area contributed by atoms with Crippen molar-refractivity contribution in [3.8, 4) is 0 Å². The summed E-state index contributed by atoms with van der Waals surface area (Å²) in [5, 5.41) is 0. The minimum atomic E-state index is 0.389. The zero-order valence-electron chi connectivity index (χ0n) is 5.22. The van der Waals surface area contributed by atoms with Gasteiger partial charge in [0.05, 0.1) is 12.7 Å². The Kier molecular flexibility index (Phi) is 2.30. The van der Waals surface area contributed by atoms with Crippen LogP contribution in [-0.4, -0.2) is 12.7 Å². The van der Waals surface area contributed by atoms with Crippen LogP contribution >= 0.6 is 0 Å². The Bertz CT molecular complexity index is 57.5. The van der Waals surface area contributed by atoms with Gasteiger partial charge in [0.15, 0.2) is 0 Å². The van der Waals surface area contributed by atoms with E-state index in [1.807, 2.05) is 0 Å². The second-order valence-corrected chi connectivity index (χ2v) is 2.12. The second-order valence-electron chi connectivity index (χ2n) is 2.12. The molecule has 0 radical (unpaired) electrons. The van der Waals surface area contributed by atoms with Gasteiger partial charge in [-0.3, -0.25) is 0 Å². The molecular weight excluding hydrogens is 104 g/mol. The average molecular weight is 116 g/mol. The van der Waals surface area contributed by atoms with Crippen LogP contribution in [0.5, 0.6) is 0 Å². The van der Waals surface area contributed by atoms with Crippen molar-refractivity contribution in [2.75, 3.05) is 6.61 Å². The van der Waals surface area contributed by atoms with E-state index in [0.29, 0.717) is 6.10 Å². The highest BCUT2D eigenvalue weighted by atomic mass is 17.2. The van der Waals surface area contributed by atoms with Gasteiger partial charge in [-0.05, 0) is 6.42 Å². The molecule has 0 aromatic heterocycles. The summed E-state index contributed by atoms with van der Waals surface area (Å²) < 4.78 is 0. The molecule has 0 spiro atoms. The first-order valence-electron chi connectivity index (χ1n) is 3.21. The van der Waals surface area contributed by atoms with E-state index in [1.54, 1.807) is 0 Å². The van der Waals surface area contributed by atoms with E-state index >= 15 is 0 Å². The molecule has 1 saturated heterocycles. The number of hydrogen-bond acceptors (Lipinski definition) is 2. The minimum Gasteiger partial charge on any atom is -0.236 e. The molecular formula is C6H12O2. The molecule has 1 heterocycles. The van der Waals surface area contributed by atoms with Gasteiger partial charge in [0.25, 0.3) is 0 Å². The first-order chi connectivity index (χ1) is 3.93. The van der Waals surface area contributed by atoms with Crippen molar-refractivity contribution in [3.05, 3.63) is 0 Å². The SMILES string of the molecule is CCCC1CCOO1. The smallest absolute Gasteiger partial charge is 0.0953 e. The maximum atomic E-state index is 4.89. The Balaban J connectivity index is 2.06. The van der Waals surface area contributed by atoms with Crippen LogP contribution in [0.2, 0.25) is 0 Å². The van der Waals surface area contributed by atoms with Crippen molar-refractivity contribution in [2.24, 2.45) is 0 Å². The molecule has 2 heteroatoms. The highest BCUT2D eigenvalue weighted by molar-refractivity contribution is 4.57. The fourth-order valence-corrected chi connectivity index (χ4v) is 0.886. The summed E-state index contributed by atoms with van der Waals surface area (Å²) in [5.41, 5.74) is 0. The standard InChI is InChI=1S/C6H12O2/c1-2-3-6-4-5-7-8-6/h6H,2-5H2,1H3. The lowest BCUT2D eigenvalue weighted by Crippen LogP contribution is -2.02. The van der Waals surface area contributed by atoms with Crippen molar-refractivity contribution in [2.45, 2.75) is 32.3 Å². The third-order valence-corrected chi connectivity index (χ3v) is 1.34. The summed E-state index contributed by atoms with van der Waals surface area (Å²) >= 11 is 0. The van der Waals surface area contributed by atoms with Crippen LogP contribution < -0.4 is 0 Å². The van der Waals surface area contributed by atoms with Crippen LogP contribution in [0.3, 0.4) is 0 Å². The lowest BCUT2D eigenvalue weighted by molar-refractivity contribution is -0.275. The summed E-state index contributed by atoms with van der Waals surface area (Å²) in [7, 11) is 0. The Labute approximate surface area is 49.7 Å². The molecule has 0 saturated carbocycles. The number of hydrogen-bond donors (Lipinski definition) is 0. The van der Waals surface area contributed by atoms with E-state index in [0.717, 1.165) is 19.4 Å². The Hall–Kier alpha value is -0.0800. The van der Waals surface area contributed by atoms with Crippen molar-refractivity contribution >= 4 is 0 Å². The molecule has 2 nitrogen and oxygen atoms in total. The van der Waals surface area contributed by atoms with Crippen LogP contribution in [0.1, 0.15) is 26.2 Å². The van der Waals surface area contributed by atoms with E-state index in [-0.39, 0.29) is 0 Å². The molecule has 1 fully saturated rings. The van der Waals surface area contributed by atoms with Crippen molar-refractivity contribution in [3.63, 3.8) is 0 Å². The van der Waals surface area contributed by atoms with Crippen LogP contribution in [0.25, 0.3) is 0 Å². The van der Waals surface area contributed by atoms with E-state index in [4.69, 9.17) is 9.78 Å². The third-order valence-electron chi connectivity index (χ3n) is 1.34. The molecule has 0 amide bonds. The van der Waals surface area contributed by atoms with Gasteiger partial charge < -0.3 is 0 Å². The summed E-state index contributed by atoms with van der Waals surface area (Å²) in [6.07, 6.45) is 3.79. The maximum Gasteiger partial charge on any atom is 0.0953 e. The molecule has 0 aromatic carbocycles. The largest absolute Gasteiger partial charge is 0.236 e. The zero-order chi connectivity index (χ0) is 5.82. The molecule has 1 atom stereocenters. The third kappa shape index (κ3) is 1.46. The van der Waals surface area contributed by atoms with Gasteiger partial charge in [-0.15, -0.1) is 0 Å². The fraction of sp³-hybridized carbons (Fsp3) is 1.00. The van der Waals surface area contributed by atoms with Crippen LogP contribution in [0.4, 0.5) is 0 Å². The molecule has 1 aliphatic rings. The first-order valence-corrected chi connectivity index (χ1v) is 3.21. The van der Waals surface area contributed by atoms with Gasteiger partial charge >= 0.3 is 0 Å². The summed E-state index contributed by atoms with van der Waals surface area (Å²) in [4.78, 5) is 9.60. The fourth-order valence-electron chi connectivity index (χ4n) is 0.886. The first kappa shape index (κ1) is 6.05. The summed E-state index contributed by atoms with van der Waals surface area (Å²) in [5.74, 6) is 0. The van der Waals surface area contributed by atoms with E-state index in [9.17, 15) is 0 Å². The molecule has 8 heavy (non-hydrogen) atoms. The van der Waals surface area contributed by atoms with Gasteiger partial charge in [0.2, 0.25) is 0 Å². The number of rotatable bonds is 2. The summed E-state index contributed by atoms with van der Waals surface area (Å²) in [6, 6.07) is 0. The Morgan fingerprint density at radius 3 is 3.00 bits per heavy atom. The van der Waals surface area contributed by atoms with E-state index < -0.39 is 0 Å². The van der Waals surface area contributed by atoms with Crippen molar-refractivity contribution in [1.82, 2.24) is 0 Å². The van der Waals surface area contributed by atoms with E-state index in [2.05, 4.69) is 6.92 Å². The van der Waals surface area contributed by atoms with Gasteiger partial charge in [0, 0.05) is 6.42 Å². The maximum absolute atomic E-state index is 4.89. The molecule has 1 unspecified atom stereocenters. The van der Waals surface area contributed by atoms with Crippen molar-refractivity contribution in [1.29, 1.82) is 0 Å². The van der Waals surface area contributed by atoms with Gasteiger partial charge in [-0.25, -0.2) is 9.78 Å². The molecule has 0 aliphatic carbocycles. The second kappa shape index (κ2) is 3.05. The quantitative estimate of drug-likeness (QED) is 0.509. The van der Waals surface area contributed by atoms with Crippen LogP contribution in [0.15, 0.2) is 0 Å². The summed E-state index contributed by atoms with van der Waals surface area (Å²) in [6.45, 7) is 2.94. The van der Waals surface area contributed by atoms with Gasteiger partial charge in [0.1, 0.15) is 0 Å². The van der Waals surface area contributed by atoms with Crippen molar-refractivity contribution < 1.29 is 9.78 Å². The normalized spacial score (nSPS) is 28.9. The molecule has 0 aromatic rings. The highest BCUT2D eigenvalue weighted by Crippen LogP contribution is 2.13. The lowest BCUT2D eigenvalue weighted by Gasteiger charge is -2.01. The zero-order valence-corrected chi connectivity index (χ0v) is 5.22. The molecule has 0 N–H and O–H groups in total. The molecule has 48 valence electrons. The Morgan fingerprint density at radius 1 is 1.62 bits per heavy atom. The monoisotopic (exact) mass is 116 g/mol. The molecule has 1 rings (SSSR count). The Morgan fingerprint density at radius 2 is 2.50 bits per heavy atom. The highest BCUT2D eigenvalue weighted by Gasteiger charge is 2.14. The average Bonchev–Trinajstić information content (AvgIpc) is 2.19. The van der Waals surface area contributed by atoms with Gasteiger partial charge in [-0.1, -0.05) is 13.3 Å². The predicted octanol–water partition coefficient (Wildman–Crippen LogP) is 1.51. The van der Waals surface area contributed by atoms with Crippen LogP contribution in [0, 0.1) is 0 Å².